The van der Waals surface area contributed by atoms with E-state index >= 15 is 0 Å². The summed E-state index contributed by atoms with van der Waals surface area (Å²) in [5.74, 6) is 18.5. The van der Waals surface area contributed by atoms with E-state index in [0.717, 1.165) is 22.1 Å². The van der Waals surface area contributed by atoms with Gasteiger partial charge >= 0.3 is 0 Å². The molecule has 0 aliphatic heterocycles. The van der Waals surface area contributed by atoms with Crippen molar-refractivity contribution in [1.82, 2.24) is 84.2 Å². The second-order valence-corrected chi connectivity index (χ2v) is 28.6. The minimum Gasteiger partial charge on any atom is -0.458 e. The van der Waals surface area contributed by atoms with Gasteiger partial charge in [0, 0.05) is 92.8 Å². The maximum Gasteiger partial charge on any atom is 0.272 e. The fraction of sp³-hybridized carbons (Fsp3) is 0.126. The number of benzene rings is 6. The maximum atomic E-state index is 14.2. The van der Waals surface area contributed by atoms with Gasteiger partial charge in [0.2, 0.25) is 16.3 Å². The van der Waals surface area contributed by atoms with Crippen LogP contribution in [0.4, 0.5) is 0 Å². The zero-order valence-electron chi connectivity index (χ0n) is 66.8. The normalized spacial score (nSPS) is 11.7. The average Bonchev–Trinajstić information content (AvgIpc) is 1.74. The Morgan fingerprint density at radius 1 is 0.405 bits per heavy atom. The summed E-state index contributed by atoms with van der Waals surface area (Å²) in [5, 5.41) is 27.6. The molecule has 6 aromatic carbocycles. The minimum atomic E-state index is -0.654. The lowest BCUT2D eigenvalue weighted by molar-refractivity contribution is 0.0921. The van der Waals surface area contributed by atoms with Gasteiger partial charge in [-0.1, -0.05) is 145 Å². The van der Waals surface area contributed by atoms with Gasteiger partial charge in [-0.3, -0.25) is 57.2 Å². The Morgan fingerprint density at radius 3 is 1.26 bits per heavy atom. The fourth-order valence-corrected chi connectivity index (χ4v) is 14.4. The van der Waals surface area contributed by atoms with E-state index in [1.807, 2.05) is 118 Å². The lowest BCUT2D eigenvalue weighted by Gasteiger charge is -2.19. The summed E-state index contributed by atoms with van der Waals surface area (Å²) >= 11 is 0. The molecule has 26 nitrogen and oxygen atoms in total. The van der Waals surface area contributed by atoms with Crippen LogP contribution in [0, 0.1) is 56.3 Å². The predicted octanol–water partition coefficient (Wildman–Crippen LogP) is 14.2. The number of imidazole rings is 2. The number of nitrogens with one attached hydrogen (secondary N) is 3. The third-order valence-electron chi connectivity index (χ3n) is 20.1. The number of fused-ring (bicyclic) bond motifs is 6. The highest BCUT2D eigenvalue weighted by molar-refractivity contribution is 6.06. The maximum absolute atomic E-state index is 14.2. The number of amides is 3. The molecule has 3 amide bonds. The molecule has 0 saturated heterocycles. The van der Waals surface area contributed by atoms with Gasteiger partial charge in [0.25, 0.3) is 17.7 Å². The van der Waals surface area contributed by atoms with Crippen molar-refractivity contribution >= 4 is 72.8 Å². The summed E-state index contributed by atoms with van der Waals surface area (Å²) in [6.07, 6.45) is 20.3. The van der Waals surface area contributed by atoms with Gasteiger partial charge in [0.05, 0.1) is 114 Å². The van der Waals surface area contributed by atoms with Gasteiger partial charge in [-0.15, -0.1) is 0 Å². The third kappa shape index (κ3) is 16.1. The van der Waals surface area contributed by atoms with Crippen LogP contribution in [0.25, 0.3) is 88.5 Å². The van der Waals surface area contributed by atoms with Crippen molar-refractivity contribution in [1.29, 1.82) is 0 Å². The smallest absolute Gasteiger partial charge is 0.272 e. The van der Waals surface area contributed by atoms with Crippen LogP contribution in [0.15, 0.2) is 272 Å². The van der Waals surface area contributed by atoms with Crippen LogP contribution in [-0.2, 0) is 21.1 Å². The van der Waals surface area contributed by atoms with Crippen LogP contribution in [0.3, 0.4) is 0 Å². The van der Waals surface area contributed by atoms with Crippen molar-refractivity contribution in [3.8, 4) is 68.9 Å². The summed E-state index contributed by atoms with van der Waals surface area (Å²) in [6.45, 7) is 10.7. The van der Waals surface area contributed by atoms with Crippen LogP contribution in [-0.4, -0.2) is 86.0 Å². The summed E-state index contributed by atoms with van der Waals surface area (Å²) in [6, 6.07) is 49.1. The van der Waals surface area contributed by atoms with Gasteiger partial charge in [0.15, 0.2) is 17.0 Å². The van der Waals surface area contributed by atoms with Gasteiger partial charge in [-0.05, 0) is 119 Å². The lowest BCUT2D eigenvalue weighted by atomic mass is 9.97. The summed E-state index contributed by atoms with van der Waals surface area (Å²) in [4.78, 5) is 105. The molecule has 0 aliphatic rings. The number of rotatable bonds is 12. The first-order valence-electron chi connectivity index (χ1n) is 38.4. The first-order valence-corrected chi connectivity index (χ1v) is 38.4. The molecule has 592 valence electrons. The Bertz CT molecular complexity index is 7530. The zero-order chi connectivity index (χ0) is 84.1. The van der Waals surface area contributed by atoms with Gasteiger partial charge in [-0.2, -0.15) is 20.4 Å². The second-order valence-electron chi connectivity index (χ2n) is 28.6. The molecule has 0 bridgehead atoms. The monoisotopic (exact) mass is 1600 g/mol. The molecular formula is C95H73N17O9. The Hall–Kier alpha value is -16.5. The van der Waals surface area contributed by atoms with Crippen molar-refractivity contribution < 1.29 is 27.6 Å². The van der Waals surface area contributed by atoms with Crippen LogP contribution >= 0.6 is 0 Å². The Balaban J connectivity index is 0.000000135. The highest BCUT2D eigenvalue weighted by Gasteiger charge is 2.30. The van der Waals surface area contributed by atoms with Crippen LogP contribution in [0.5, 0.6) is 0 Å². The predicted molar refractivity (Wildman–Crippen MR) is 459 cm³/mol. The van der Waals surface area contributed by atoms with Crippen molar-refractivity contribution in [3.63, 3.8) is 0 Å². The van der Waals surface area contributed by atoms with Crippen molar-refractivity contribution in [2.75, 3.05) is 0 Å². The van der Waals surface area contributed by atoms with E-state index in [1.54, 1.807) is 207 Å². The average molecular weight is 1600 g/mol. The molecule has 3 unspecified atom stereocenters. The molecule has 3 N–H and O–H groups in total. The minimum absolute atomic E-state index is 0.227. The first kappa shape index (κ1) is 78.4. The zero-order valence-corrected chi connectivity index (χ0v) is 66.8. The molecule has 0 radical (unpaired) electrons. The molecule has 3 atom stereocenters. The Morgan fingerprint density at radius 2 is 0.826 bits per heavy atom. The van der Waals surface area contributed by atoms with Crippen molar-refractivity contribution in [2.45, 2.75) is 59.7 Å². The van der Waals surface area contributed by atoms with E-state index in [1.165, 1.54) is 4.52 Å². The second kappa shape index (κ2) is 33.7. The standard InChI is InChI=1S/C33H25N5O3.2C31H24N6O3/c1-20-27(30-25(18-35-20)12-8-16-34-30)33(40)37-21(2)32-29(23-9-5-4-6-10-23)31(39)28-24(11-7-13-26(28)41-32)15-14-22-17-36-38(3)19-22;1-19-28(37-25(34-19)13-8-16-32-37)31(39)35-20(2)30-27(22-9-5-4-6-10-22)29(38)26-23(11-7-12-24(26)40-30)15-14-21-17-33-36(3)18-21;1-19-25(30-32-14-15-37(30)18-33-19)31(39)35-20(2)29-27(22-8-5-4-6-9-22)28(38)26-23(10-7-11-24(26)40-29)13-12-21-16-34-36(3)17-21/h4-13,16-19,21H,1-3H3,(H,37,40);4-13,16-18,20H,1-3H3,(H,35,39);4-11,14-18,20H,1-3H3,(H,35,39). The number of carbonyl (C=O) groups is 3. The number of aryl methyl sites for hydroxylation is 6. The number of hydrogen-bond acceptors (Lipinski definition) is 18. The van der Waals surface area contributed by atoms with E-state index in [0.29, 0.717) is 151 Å². The van der Waals surface area contributed by atoms with Crippen LogP contribution < -0.4 is 32.2 Å². The number of carbonyl (C=O) groups excluding carboxylic acids is 3. The van der Waals surface area contributed by atoms with E-state index in [4.69, 9.17) is 13.3 Å². The van der Waals surface area contributed by atoms with Crippen LogP contribution in [0.2, 0.25) is 0 Å². The third-order valence-corrected chi connectivity index (χ3v) is 20.1. The largest absolute Gasteiger partial charge is 0.458 e. The summed E-state index contributed by atoms with van der Waals surface area (Å²) in [7, 11) is 5.46. The Labute approximate surface area is 690 Å². The SMILES string of the molecule is Cc1nc2cccnn2c1C(=O)NC(C)c1oc2cccc(C#Cc3cnn(C)c3)c2c(=O)c1-c1ccccc1.Cc1ncc2cccnc2c1C(=O)NC(C)c1oc2cccc(C#Cc3cnn(C)c3)c2c(=O)c1-c1ccccc1.Cc1ncn2ccnc2c1C(=O)NC(C)c1oc2cccc(C#Cc3cnn(C)c3)c2c(=O)c1-c1ccccc1. The number of hydrogen-bond donors (Lipinski definition) is 3. The van der Waals surface area contributed by atoms with Crippen molar-refractivity contribution in [2.24, 2.45) is 21.1 Å². The highest BCUT2D eigenvalue weighted by atomic mass is 16.3. The Kier molecular flexibility index (Phi) is 21.8. The van der Waals surface area contributed by atoms with Gasteiger partial charge in [0.1, 0.15) is 45.9 Å². The molecule has 26 heteroatoms. The van der Waals surface area contributed by atoms with E-state index in [9.17, 15) is 28.8 Å². The van der Waals surface area contributed by atoms with Gasteiger partial charge < -0.3 is 29.2 Å². The molecule has 12 aromatic heterocycles. The fourth-order valence-electron chi connectivity index (χ4n) is 14.4. The van der Waals surface area contributed by atoms with Gasteiger partial charge in [-0.25, -0.2) is 19.5 Å². The molecule has 0 fully saturated rings. The summed E-state index contributed by atoms with van der Waals surface area (Å²) in [5.41, 5.74) is 11.8. The highest BCUT2D eigenvalue weighted by Crippen LogP contribution is 2.35. The molecule has 12 heterocycles. The van der Waals surface area contributed by atoms with Crippen molar-refractivity contribution in [3.05, 3.63) is 360 Å². The lowest BCUT2D eigenvalue weighted by Crippen LogP contribution is -2.30. The molecular weight excluding hydrogens is 1520 g/mol. The van der Waals surface area contributed by atoms with E-state index in [-0.39, 0.29) is 34.0 Å². The van der Waals surface area contributed by atoms with E-state index < -0.39 is 18.1 Å². The molecule has 121 heavy (non-hydrogen) atoms. The first-order chi connectivity index (χ1) is 58.7. The quantitative estimate of drug-likeness (QED) is 0.0957. The molecule has 0 aliphatic carbocycles. The topological polar surface area (TPSA) is 318 Å². The van der Waals surface area contributed by atoms with Crippen LogP contribution in [0.1, 0.15) is 138 Å². The molecule has 18 rings (SSSR count). The number of nitrogens with zero attached hydrogens (tertiary/aromatic N) is 14. The molecule has 18 aromatic rings. The summed E-state index contributed by atoms with van der Waals surface area (Å²) < 4.78 is 27.4. The number of aromatic nitrogens is 14. The van der Waals surface area contributed by atoms with E-state index in [2.05, 4.69) is 96.8 Å². The molecule has 0 spiro atoms. The molecule has 0 saturated carbocycles. The number of pyridine rings is 2.